The van der Waals surface area contributed by atoms with Gasteiger partial charge in [-0.3, -0.25) is 4.79 Å². The number of amides is 1. The monoisotopic (exact) mass is 276 g/mol. The van der Waals surface area contributed by atoms with Crippen molar-refractivity contribution in [3.63, 3.8) is 0 Å². The zero-order valence-electron chi connectivity index (χ0n) is 12.8. The summed E-state index contributed by atoms with van der Waals surface area (Å²) in [4.78, 5) is 14.7. The molecule has 1 fully saturated rings. The minimum absolute atomic E-state index is 0.0895. The van der Waals surface area contributed by atoms with E-state index in [0.29, 0.717) is 13.1 Å². The van der Waals surface area contributed by atoms with Gasteiger partial charge in [0.25, 0.3) is 5.91 Å². The van der Waals surface area contributed by atoms with E-state index in [1.54, 1.807) is 0 Å². The Hall–Kier alpha value is -1.55. The maximum atomic E-state index is 12.8. The lowest BCUT2D eigenvalue weighted by molar-refractivity contribution is -0.0585. The highest BCUT2D eigenvalue weighted by atomic mass is 16.5. The van der Waals surface area contributed by atoms with E-state index in [9.17, 15) is 4.79 Å². The topological polar surface area (TPSA) is 41.6 Å². The summed E-state index contributed by atoms with van der Waals surface area (Å²) in [5.41, 5.74) is 2.77. The van der Waals surface area contributed by atoms with Crippen LogP contribution in [0.1, 0.15) is 36.7 Å². The van der Waals surface area contributed by atoms with E-state index in [2.05, 4.69) is 5.32 Å². The molecule has 1 N–H and O–H groups in total. The van der Waals surface area contributed by atoms with Gasteiger partial charge in [0.1, 0.15) is 0 Å². The maximum Gasteiger partial charge on any atom is 0.256 e. The Labute approximate surface area is 121 Å². The van der Waals surface area contributed by atoms with Crippen molar-refractivity contribution in [1.82, 2.24) is 4.90 Å². The Morgan fingerprint density at radius 1 is 1.35 bits per heavy atom. The number of aryl methyl sites for hydroxylation is 1. The Balaban J connectivity index is 2.25. The lowest BCUT2D eigenvalue weighted by atomic mass is 10.1. The minimum Gasteiger partial charge on any atom is -0.385 e. The van der Waals surface area contributed by atoms with Crippen LogP contribution in [0, 0.1) is 6.92 Å². The molecule has 4 heteroatoms. The van der Waals surface area contributed by atoms with Gasteiger partial charge in [0.2, 0.25) is 0 Å². The summed E-state index contributed by atoms with van der Waals surface area (Å²) < 4.78 is 5.69. The molecule has 2 atom stereocenters. The second-order valence-corrected chi connectivity index (χ2v) is 5.55. The number of ether oxygens (including phenoxy) is 1. The van der Waals surface area contributed by atoms with E-state index in [4.69, 9.17) is 4.74 Å². The van der Waals surface area contributed by atoms with Crippen molar-refractivity contribution < 1.29 is 9.53 Å². The average Bonchev–Trinajstić information content (AvgIpc) is 2.39. The van der Waals surface area contributed by atoms with Gasteiger partial charge in [0.15, 0.2) is 0 Å². The molecule has 1 aliphatic rings. The molecule has 1 heterocycles. The van der Waals surface area contributed by atoms with Crippen molar-refractivity contribution in [2.45, 2.75) is 39.9 Å². The number of carbonyl (C=O) groups is 1. The van der Waals surface area contributed by atoms with Gasteiger partial charge in [-0.05, 0) is 39.8 Å². The fourth-order valence-electron chi connectivity index (χ4n) is 2.69. The van der Waals surface area contributed by atoms with Gasteiger partial charge < -0.3 is 15.0 Å². The van der Waals surface area contributed by atoms with Crippen molar-refractivity contribution in [2.24, 2.45) is 0 Å². The van der Waals surface area contributed by atoms with Crippen molar-refractivity contribution in [3.05, 3.63) is 29.3 Å². The Bertz CT molecular complexity index is 477. The summed E-state index contributed by atoms with van der Waals surface area (Å²) in [5.74, 6) is 0.0895. The largest absolute Gasteiger partial charge is 0.385 e. The first-order valence-corrected chi connectivity index (χ1v) is 7.30. The number of benzene rings is 1. The molecule has 110 valence electrons. The van der Waals surface area contributed by atoms with Gasteiger partial charge in [-0.2, -0.15) is 0 Å². The summed E-state index contributed by atoms with van der Waals surface area (Å²) >= 11 is 0. The Kier molecular flexibility index (Phi) is 4.65. The molecular weight excluding hydrogens is 252 g/mol. The van der Waals surface area contributed by atoms with E-state index in [-0.39, 0.29) is 18.1 Å². The zero-order chi connectivity index (χ0) is 14.7. The lowest BCUT2D eigenvalue weighted by Gasteiger charge is -2.35. The number of anilines is 1. The number of hydrogen-bond acceptors (Lipinski definition) is 3. The third-order valence-electron chi connectivity index (χ3n) is 3.48. The standard InChI is InChI=1S/C16H24N2O2/c1-5-17-15-7-6-11(2)8-14(15)16(19)18-9-12(3)20-13(4)10-18/h6-8,12-13,17H,5,9-10H2,1-4H3/t12-,13+. The first-order valence-electron chi connectivity index (χ1n) is 7.30. The van der Waals surface area contributed by atoms with E-state index < -0.39 is 0 Å². The molecule has 0 unspecified atom stereocenters. The van der Waals surface area contributed by atoms with Gasteiger partial charge in [-0.15, -0.1) is 0 Å². The van der Waals surface area contributed by atoms with Crippen molar-refractivity contribution in [2.75, 3.05) is 25.0 Å². The molecule has 0 bridgehead atoms. The van der Waals surface area contributed by atoms with Gasteiger partial charge >= 0.3 is 0 Å². The molecule has 0 aliphatic carbocycles. The number of hydrogen-bond donors (Lipinski definition) is 1. The molecule has 0 aromatic heterocycles. The number of nitrogens with one attached hydrogen (secondary N) is 1. The van der Waals surface area contributed by atoms with Gasteiger partial charge in [0.05, 0.1) is 17.8 Å². The number of morpholine rings is 1. The smallest absolute Gasteiger partial charge is 0.256 e. The Morgan fingerprint density at radius 2 is 2.00 bits per heavy atom. The normalized spacial score (nSPS) is 22.7. The first kappa shape index (κ1) is 14.9. The molecule has 1 amide bonds. The van der Waals surface area contributed by atoms with Crippen LogP contribution >= 0.6 is 0 Å². The second-order valence-electron chi connectivity index (χ2n) is 5.55. The Morgan fingerprint density at radius 3 is 2.60 bits per heavy atom. The molecule has 0 radical (unpaired) electrons. The third kappa shape index (κ3) is 3.31. The maximum absolute atomic E-state index is 12.8. The second kappa shape index (κ2) is 6.27. The van der Waals surface area contributed by atoms with Crippen LogP contribution in [0.2, 0.25) is 0 Å². The third-order valence-corrected chi connectivity index (χ3v) is 3.48. The molecule has 2 rings (SSSR count). The van der Waals surface area contributed by atoms with Crippen LogP contribution in [0.5, 0.6) is 0 Å². The quantitative estimate of drug-likeness (QED) is 0.923. The van der Waals surface area contributed by atoms with Crippen LogP contribution in [0.3, 0.4) is 0 Å². The van der Waals surface area contributed by atoms with Crippen LogP contribution in [0.4, 0.5) is 5.69 Å². The highest BCUT2D eigenvalue weighted by molar-refractivity contribution is 6.00. The van der Waals surface area contributed by atoms with Gasteiger partial charge in [-0.25, -0.2) is 0 Å². The minimum atomic E-state index is 0.0895. The number of carbonyl (C=O) groups excluding carboxylic acids is 1. The molecule has 0 saturated carbocycles. The molecule has 4 nitrogen and oxygen atoms in total. The fraction of sp³-hybridized carbons (Fsp3) is 0.562. The van der Waals surface area contributed by atoms with Crippen molar-refractivity contribution >= 4 is 11.6 Å². The van der Waals surface area contributed by atoms with Crippen LogP contribution in [0.25, 0.3) is 0 Å². The summed E-state index contributed by atoms with van der Waals surface area (Å²) in [5, 5.41) is 3.27. The summed E-state index contributed by atoms with van der Waals surface area (Å²) in [6.07, 6.45) is 0.185. The number of nitrogens with zero attached hydrogens (tertiary/aromatic N) is 1. The van der Waals surface area contributed by atoms with Crippen LogP contribution < -0.4 is 5.32 Å². The van der Waals surface area contributed by atoms with E-state index in [0.717, 1.165) is 23.4 Å². The average molecular weight is 276 g/mol. The lowest BCUT2D eigenvalue weighted by Crippen LogP contribution is -2.48. The SMILES string of the molecule is CCNc1ccc(C)cc1C(=O)N1C[C@@H](C)O[C@@H](C)C1. The zero-order valence-corrected chi connectivity index (χ0v) is 12.8. The molecule has 20 heavy (non-hydrogen) atoms. The molecular formula is C16H24N2O2. The summed E-state index contributed by atoms with van der Waals surface area (Å²) in [6, 6.07) is 5.98. The summed E-state index contributed by atoms with van der Waals surface area (Å²) in [7, 11) is 0. The molecule has 1 aromatic carbocycles. The van der Waals surface area contributed by atoms with Crippen molar-refractivity contribution in [1.29, 1.82) is 0 Å². The predicted octanol–water partition coefficient (Wildman–Crippen LogP) is 2.68. The van der Waals surface area contributed by atoms with Gasteiger partial charge in [-0.1, -0.05) is 11.6 Å². The van der Waals surface area contributed by atoms with Crippen LogP contribution in [-0.4, -0.2) is 42.6 Å². The van der Waals surface area contributed by atoms with E-state index in [1.807, 2.05) is 50.8 Å². The molecule has 1 saturated heterocycles. The highest BCUT2D eigenvalue weighted by Crippen LogP contribution is 2.21. The van der Waals surface area contributed by atoms with Crippen LogP contribution in [-0.2, 0) is 4.74 Å². The molecule has 1 aliphatic heterocycles. The number of rotatable bonds is 3. The van der Waals surface area contributed by atoms with E-state index >= 15 is 0 Å². The van der Waals surface area contributed by atoms with Crippen LogP contribution in [0.15, 0.2) is 18.2 Å². The first-order chi connectivity index (χ1) is 9.51. The predicted molar refractivity (Wildman–Crippen MR) is 81.3 cm³/mol. The molecule has 1 aromatic rings. The summed E-state index contributed by atoms with van der Waals surface area (Å²) in [6.45, 7) is 10.2. The van der Waals surface area contributed by atoms with Crippen molar-refractivity contribution in [3.8, 4) is 0 Å². The van der Waals surface area contributed by atoms with Gasteiger partial charge in [0, 0.05) is 25.3 Å². The highest BCUT2D eigenvalue weighted by Gasteiger charge is 2.27. The fourth-order valence-corrected chi connectivity index (χ4v) is 2.69. The molecule has 0 spiro atoms. The van der Waals surface area contributed by atoms with E-state index in [1.165, 1.54) is 0 Å².